The summed E-state index contributed by atoms with van der Waals surface area (Å²) >= 11 is 0. The summed E-state index contributed by atoms with van der Waals surface area (Å²) in [6.45, 7) is 1.61. The van der Waals surface area contributed by atoms with Crippen LogP contribution in [0.5, 0.6) is 5.75 Å². The molecule has 0 amide bonds. The predicted octanol–water partition coefficient (Wildman–Crippen LogP) is -0.107. The van der Waals surface area contributed by atoms with Crippen molar-refractivity contribution in [3.8, 4) is 5.75 Å². The first-order valence-corrected chi connectivity index (χ1v) is 5.51. The minimum absolute atomic E-state index is 0.535. The highest BCUT2D eigenvalue weighted by Crippen LogP contribution is 2.23. The zero-order valence-electron chi connectivity index (χ0n) is 9.43. The number of hydrogen-bond donors (Lipinski definition) is 3. The third kappa shape index (κ3) is 2.58. The molecule has 0 aliphatic carbocycles. The molecule has 3 N–H and O–H groups in total. The van der Waals surface area contributed by atoms with Gasteiger partial charge in [-0.3, -0.25) is 0 Å². The van der Waals surface area contributed by atoms with Crippen molar-refractivity contribution in [1.82, 2.24) is 0 Å². The Hall–Kier alpha value is -1.14. The lowest BCUT2D eigenvalue weighted by Crippen LogP contribution is -2.58. The fraction of sp³-hybridized carbons (Fsp3) is 0.500. The second-order valence-electron chi connectivity index (χ2n) is 4.11. The summed E-state index contributed by atoms with van der Waals surface area (Å²) in [4.78, 5) is 0. The lowest BCUT2D eigenvalue weighted by atomic mass is 10.00. The fourth-order valence-corrected chi connectivity index (χ4v) is 1.74. The fourth-order valence-electron chi connectivity index (χ4n) is 1.74. The van der Waals surface area contributed by atoms with E-state index in [0.29, 0.717) is 5.75 Å². The molecule has 1 saturated heterocycles. The molecule has 1 aliphatic heterocycles. The van der Waals surface area contributed by atoms with E-state index in [0.717, 1.165) is 0 Å². The van der Waals surface area contributed by atoms with Crippen molar-refractivity contribution < 1.29 is 24.8 Å². The average molecular weight is 240 g/mol. The number of para-hydroxylation sites is 1. The Labute approximate surface area is 99.2 Å². The molecule has 1 heterocycles. The van der Waals surface area contributed by atoms with Gasteiger partial charge in [-0.2, -0.15) is 0 Å². The van der Waals surface area contributed by atoms with Crippen LogP contribution >= 0.6 is 0 Å². The van der Waals surface area contributed by atoms with Gasteiger partial charge in [-0.25, -0.2) is 0 Å². The summed E-state index contributed by atoms with van der Waals surface area (Å²) < 4.78 is 10.7. The molecule has 17 heavy (non-hydrogen) atoms. The van der Waals surface area contributed by atoms with Gasteiger partial charge in [0.05, 0.1) is 6.10 Å². The maximum absolute atomic E-state index is 9.73. The molecule has 0 bridgehead atoms. The number of hydrogen-bond acceptors (Lipinski definition) is 5. The number of ether oxygens (including phenoxy) is 2. The molecule has 0 radical (unpaired) electrons. The van der Waals surface area contributed by atoms with E-state index < -0.39 is 30.7 Å². The maximum Gasteiger partial charge on any atom is 0.229 e. The van der Waals surface area contributed by atoms with Crippen LogP contribution in [0.25, 0.3) is 0 Å². The molecular formula is C12H16O5. The van der Waals surface area contributed by atoms with Gasteiger partial charge in [0.25, 0.3) is 0 Å². The van der Waals surface area contributed by atoms with E-state index in [9.17, 15) is 15.3 Å². The minimum Gasteiger partial charge on any atom is -0.462 e. The van der Waals surface area contributed by atoms with Crippen molar-refractivity contribution in [2.45, 2.75) is 37.6 Å². The van der Waals surface area contributed by atoms with E-state index in [2.05, 4.69) is 0 Å². The van der Waals surface area contributed by atoms with Gasteiger partial charge in [0.2, 0.25) is 6.29 Å². The van der Waals surface area contributed by atoms with Crippen molar-refractivity contribution in [3.63, 3.8) is 0 Å². The highest BCUT2D eigenvalue weighted by molar-refractivity contribution is 5.21. The van der Waals surface area contributed by atoms with Crippen molar-refractivity contribution in [2.75, 3.05) is 0 Å². The zero-order chi connectivity index (χ0) is 12.4. The van der Waals surface area contributed by atoms with E-state index in [1.54, 1.807) is 31.2 Å². The van der Waals surface area contributed by atoms with Crippen LogP contribution in [0, 0.1) is 0 Å². The molecule has 0 spiro atoms. The number of benzene rings is 1. The minimum atomic E-state index is -1.28. The Kier molecular flexibility index (Phi) is 3.63. The van der Waals surface area contributed by atoms with Crippen LogP contribution in [0.2, 0.25) is 0 Å². The summed E-state index contributed by atoms with van der Waals surface area (Å²) in [5.74, 6) is 0.535. The SMILES string of the molecule is C[C@H]1O[C@H](Oc2ccccc2)[C@H](O)[C@@H](O)[C@@H]1O. The summed E-state index contributed by atoms with van der Waals surface area (Å²) in [6.07, 6.45) is -5.23. The summed E-state index contributed by atoms with van der Waals surface area (Å²) in [5, 5.41) is 28.8. The Balaban J connectivity index is 2.06. The highest BCUT2D eigenvalue weighted by Gasteiger charge is 2.43. The van der Waals surface area contributed by atoms with Gasteiger partial charge >= 0.3 is 0 Å². The lowest BCUT2D eigenvalue weighted by molar-refractivity contribution is -0.268. The van der Waals surface area contributed by atoms with Gasteiger partial charge in [-0.05, 0) is 19.1 Å². The van der Waals surface area contributed by atoms with Gasteiger partial charge in [0.15, 0.2) is 0 Å². The van der Waals surface area contributed by atoms with Crippen LogP contribution in [-0.2, 0) is 4.74 Å². The second kappa shape index (κ2) is 5.01. The number of rotatable bonds is 2. The van der Waals surface area contributed by atoms with Crippen molar-refractivity contribution in [1.29, 1.82) is 0 Å². The largest absolute Gasteiger partial charge is 0.462 e. The van der Waals surface area contributed by atoms with E-state index >= 15 is 0 Å². The maximum atomic E-state index is 9.73. The van der Waals surface area contributed by atoms with Crippen molar-refractivity contribution >= 4 is 0 Å². The predicted molar refractivity (Wildman–Crippen MR) is 59.4 cm³/mol. The molecule has 94 valence electrons. The van der Waals surface area contributed by atoms with Crippen molar-refractivity contribution in [3.05, 3.63) is 30.3 Å². The standard InChI is InChI=1S/C12H16O5/c1-7-9(13)10(14)11(15)12(16-7)17-8-5-3-2-4-6-8/h2-7,9-15H,1H3/t7-,9-,10+,11-,12-/m1/s1. The Morgan fingerprint density at radius 2 is 1.65 bits per heavy atom. The highest BCUT2D eigenvalue weighted by atomic mass is 16.7. The molecule has 2 rings (SSSR count). The average Bonchev–Trinajstić information content (AvgIpc) is 2.35. The molecule has 5 atom stereocenters. The summed E-state index contributed by atoms with van der Waals surface area (Å²) in [5.41, 5.74) is 0. The molecule has 5 nitrogen and oxygen atoms in total. The molecule has 0 aromatic heterocycles. The Bertz CT molecular complexity index is 355. The number of aliphatic hydroxyl groups excluding tert-OH is 3. The third-order valence-corrected chi connectivity index (χ3v) is 2.80. The van der Waals surface area contributed by atoms with Gasteiger partial charge < -0.3 is 24.8 Å². The monoisotopic (exact) mass is 240 g/mol. The molecule has 0 saturated carbocycles. The van der Waals surface area contributed by atoms with E-state index in [-0.39, 0.29) is 0 Å². The second-order valence-corrected chi connectivity index (χ2v) is 4.11. The van der Waals surface area contributed by atoms with Crippen LogP contribution < -0.4 is 4.74 Å². The van der Waals surface area contributed by atoms with E-state index in [1.165, 1.54) is 0 Å². The third-order valence-electron chi connectivity index (χ3n) is 2.80. The molecule has 5 heteroatoms. The molecule has 0 unspecified atom stereocenters. The van der Waals surface area contributed by atoms with Crippen LogP contribution in [0.3, 0.4) is 0 Å². The van der Waals surface area contributed by atoms with E-state index in [4.69, 9.17) is 9.47 Å². The quantitative estimate of drug-likeness (QED) is 0.672. The Morgan fingerprint density at radius 3 is 2.29 bits per heavy atom. The summed E-state index contributed by atoms with van der Waals surface area (Å²) in [7, 11) is 0. The topological polar surface area (TPSA) is 79.2 Å². The first kappa shape index (κ1) is 12.3. The smallest absolute Gasteiger partial charge is 0.229 e. The first-order valence-electron chi connectivity index (χ1n) is 5.51. The van der Waals surface area contributed by atoms with Crippen LogP contribution in [0.4, 0.5) is 0 Å². The van der Waals surface area contributed by atoms with Crippen LogP contribution in [0.1, 0.15) is 6.92 Å². The first-order chi connectivity index (χ1) is 8.09. The van der Waals surface area contributed by atoms with Crippen LogP contribution in [0.15, 0.2) is 30.3 Å². The Morgan fingerprint density at radius 1 is 1.00 bits per heavy atom. The molecule has 1 aromatic rings. The zero-order valence-corrected chi connectivity index (χ0v) is 9.43. The molecular weight excluding hydrogens is 224 g/mol. The van der Waals surface area contributed by atoms with Gasteiger partial charge in [0.1, 0.15) is 24.1 Å². The molecule has 1 fully saturated rings. The van der Waals surface area contributed by atoms with Gasteiger partial charge in [0, 0.05) is 0 Å². The van der Waals surface area contributed by atoms with Crippen LogP contribution in [-0.4, -0.2) is 46.0 Å². The molecule has 1 aromatic carbocycles. The normalized spacial score (nSPS) is 37.8. The summed E-state index contributed by atoms with van der Waals surface area (Å²) in [6, 6.07) is 8.86. The van der Waals surface area contributed by atoms with Gasteiger partial charge in [-0.1, -0.05) is 18.2 Å². The molecule has 1 aliphatic rings. The number of aliphatic hydroxyl groups is 3. The van der Waals surface area contributed by atoms with E-state index in [1.807, 2.05) is 6.07 Å². The van der Waals surface area contributed by atoms with Gasteiger partial charge in [-0.15, -0.1) is 0 Å². The van der Waals surface area contributed by atoms with Crippen molar-refractivity contribution in [2.24, 2.45) is 0 Å². The lowest BCUT2D eigenvalue weighted by Gasteiger charge is -2.38.